The number of nitrogens with one attached hydrogen (secondary N) is 2. The Balaban J connectivity index is 2.58. The summed E-state index contributed by atoms with van der Waals surface area (Å²) in [5.74, 6) is 1.62. The lowest BCUT2D eigenvalue weighted by molar-refractivity contribution is 0.0531. The molecule has 1 aromatic heterocycles. The average Bonchev–Trinajstić information content (AvgIpc) is 2.95. The molecule has 0 saturated carbocycles. The molecule has 0 aliphatic carbocycles. The van der Waals surface area contributed by atoms with Crippen molar-refractivity contribution >= 4 is 35.0 Å². The van der Waals surface area contributed by atoms with E-state index in [0.717, 1.165) is 23.9 Å². The highest BCUT2D eigenvalue weighted by atomic mass is 32.2. The fourth-order valence-electron chi connectivity index (χ4n) is 2.03. The highest BCUT2D eigenvalue weighted by molar-refractivity contribution is 7.98. The van der Waals surface area contributed by atoms with Crippen molar-refractivity contribution in [3.05, 3.63) is 15.6 Å². The van der Waals surface area contributed by atoms with Crippen molar-refractivity contribution in [2.75, 3.05) is 32.2 Å². The van der Waals surface area contributed by atoms with E-state index in [0.29, 0.717) is 17.2 Å². The maximum Gasteiger partial charge on any atom is 0.350 e. The lowest BCUT2D eigenvalue weighted by Crippen LogP contribution is -2.39. The van der Waals surface area contributed by atoms with Crippen LogP contribution in [0, 0.1) is 6.92 Å². The summed E-state index contributed by atoms with van der Waals surface area (Å²) < 4.78 is 5.06. The number of nitrogens with zero attached hydrogens (tertiary/aromatic N) is 2. The molecule has 8 heteroatoms. The van der Waals surface area contributed by atoms with E-state index in [2.05, 4.69) is 26.9 Å². The summed E-state index contributed by atoms with van der Waals surface area (Å²) in [5, 5.41) is 7.47. The molecule has 6 nitrogen and oxygen atoms in total. The molecule has 0 bridgehead atoms. The average molecular weight is 373 g/mol. The van der Waals surface area contributed by atoms with E-state index < -0.39 is 0 Å². The Morgan fingerprint density at radius 3 is 2.83 bits per heavy atom. The number of aromatic nitrogens is 1. The number of aryl methyl sites for hydroxylation is 1. The first-order valence-corrected chi connectivity index (χ1v) is 10.3. The largest absolute Gasteiger partial charge is 0.462 e. The summed E-state index contributed by atoms with van der Waals surface area (Å²) in [6.45, 7) is 6.89. The van der Waals surface area contributed by atoms with Crippen molar-refractivity contribution < 1.29 is 9.53 Å². The van der Waals surface area contributed by atoms with E-state index in [9.17, 15) is 4.79 Å². The van der Waals surface area contributed by atoms with Crippen molar-refractivity contribution in [2.45, 2.75) is 39.7 Å². The molecule has 1 rings (SSSR count). The van der Waals surface area contributed by atoms with Gasteiger partial charge in [0.05, 0.1) is 18.3 Å². The van der Waals surface area contributed by atoms with Gasteiger partial charge in [0, 0.05) is 13.6 Å². The van der Waals surface area contributed by atoms with Crippen molar-refractivity contribution in [2.24, 2.45) is 4.99 Å². The number of thioether (sulfide) groups is 1. The van der Waals surface area contributed by atoms with Crippen LogP contribution in [0.3, 0.4) is 0 Å². The zero-order valence-electron chi connectivity index (χ0n) is 15.1. The summed E-state index contributed by atoms with van der Waals surface area (Å²) >= 11 is 3.23. The van der Waals surface area contributed by atoms with Gasteiger partial charge in [0.2, 0.25) is 0 Å². The Morgan fingerprint density at radius 2 is 2.21 bits per heavy atom. The molecule has 0 aromatic carbocycles. The number of hydrogen-bond acceptors (Lipinski definition) is 6. The number of esters is 1. The number of guanidine groups is 1. The molecular formula is C16H28N4O2S2. The topological polar surface area (TPSA) is 75.6 Å². The van der Waals surface area contributed by atoms with E-state index in [4.69, 9.17) is 4.74 Å². The van der Waals surface area contributed by atoms with Crippen LogP contribution in [0.2, 0.25) is 0 Å². The second-order valence-electron chi connectivity index (χ2n) is 5.25. The third-order valence-corrected chi connectivity index (χ3v) is 5.31. The molecule has 136 valence electrons. The summed E-state index contributed by atoms with van der Waals surface area (Å²) in [5.41, 5.74) is 0.710. The smallest absolute Gasteiger partial charge is 0.350 e. The van der Waals surface area contributed by atoms with Gasteiger partial charge in [-0.1, -0.05) is 0 Å². The zero-order valence-corrected chi connectivity index (χ0v) is 16.8. The Hall–Kier alpha value is -1.28. The summed E-state index contributed by atoms with van der Waals surface area (Å²) in [6.07, 6.45) is 4.42. The first kappa shape index (κ1) is 20.8. The lowest BCUT2D eigenvalue weighted by atomic mass is 10.3. The van der Waals surface area contributed by atoms with Gasteiger partial charge in [-0.25, -0.2) is 9.78 Å². The van der Waals surface area contributed by atoms with Crippen LogP contribution in [0.5, 0.6) is 0 Å². The van der Waals surface area contributed by atoms with Gasteiger partial charge in [-0.3, -0.25) is 4.99 Å². The molecule has 0 spiro atoms. The van der Waals surface area contributed by atoms with Crippen LogP contribution in [-0.2, 0) is 4.74 Å². The normalized spacial score (nSPS) is 12.8. The van der Waals surface area contributed by atoms with Crippen LogP contribution < -0.4 is 10.6 Å². The van der Waals surface area contributed by atoms with Crippen LogP contribution in [0.4, 0.5) is 0 Å². The zero-order chi connectivity index (χ0) is 17.9. The molecule has 24 heavy (non-hydrogen) atoms. The predicted molar refractivity (Wildman–Crippen MR) is 103 cm³/mol. The SMILES string of the molecule is CCOC(=O)c1sc(C(C)NC(=NC)NCCCCSC)nc1C. The quantitative estimate of drug-likeness (QED) is 0.300. The van der Waals surface area contributed by atoms with Gasteiger partial charge in [-0.05, 0) is 45.6 Å². The second kappa shape index (κ2) is 11.3. The van der Waals surface area contributed by atoms with Crippen molar-refractivity contribution in [1.29, 1.82) is 0 Å². The summed E-state index contributed by atoms with van der Waals surface area (Å²) in [6, 6.07) is -0.0331. The number of carbonyl (C=O) groups is 1. The standard InChI is InChI=1S/C16H28N4O2S2/c1-6-22-15(21)13-11(2)19-14(24-13)12(3)20-16(17-4)18-9-7-8-10-23-5/h12H,6-10H2,1-5H3,(H2,17,18,20). The Kier molecular flexibility index (Phi) is 9.78. The van der Waals surface area contributed by atoms with Gasteiger partial charge in [-0.15, -0.1) is 11.3 Å². The minimum atomic E-state index is -0.303. The number of thiazole rings is 1. The van der Waals surface area contributed by atoms with Gasteiger partial charge in [-0.2, -0.15) is 11.8 Å². The van der Waals surface area contributed by atoms with Crippen LogP contribution in [-0.4, -0.2) is 49.1 Å². The third kappa shape index (κ3) is 6.68. The van der Waals surface area contributed by atoms with E-state index >= 15 is 0 Å². The van der Waals surface area contributed by atoms with Gasteiger partial charge >= 0.3 is 5.97 Å². The second-order valence-corrected chi connectivity index (χ2v) is 7.27. The Labute approximate surface area is 152 Å². The molecule has 0 fully saturated rings. The number of aliphatic imine (C=N–C) groups is 1. The molecule has 0 amide bonds. The molecule has 1 aromatic rings. The van der Waals surface area contributed by atoms with E-state index in [1.807, 2.05) is 25.6 Å². The van der Waals surface area contributed by atoms with Crippen LogP contribution in [0.1, 0.15) is 53.1 Å². The molecule has 1 atom stereocenters. The third-order valence-electron chi connectivity index (χ3n) is 3.29. The van der Waals surface area contributed by atoms with Gasteiger partial charge in [0.15, 0.2) is 5.96 Å². The first-order chi connectivity index (χ1) is 11.5. The predicted octanol–water partition coefficient (Wildman–Crippen LogP) is 3.00. The van der Waals surface area contributed by atoms with Crippen molar-refractivity contribution in [3.8, 4) is 0 Å². The first-order valence-electron chi connectivity index (χ1n) is 8.14. The highest BCUT2D eigenvalue weighted by Gasteiger charge is 2.19. The van der Waals surface area contributed by atoms with Crippen LogP contribution in [0.25, 0.3) is 0 Å². The number of unbranched alkanes of at least 4 members (excludes halogenated alkanes) is 1. The van der Waals surface area contributed by atoms with Crippen LogP contribution in [0.15, 0.2) is 4.99 Å². The summed E-state index contributed by atoms with van der Waals surface area (Å²) in [7, 11) is 1.75. The van der Waals surface area contributed by atoms with Crippen molar-refractivity contribution in [3.63, 3.8) is 0 Å². The minimum Gasteiger partial charge on any atom is -0.462 e. The maximum absolute atomic E-state index is 11.9. The minimum absolute atomic E-state index is 0.0331. The summed E-state index contributed by atoms with van der Waals surface area (Å²) in [4.78, 5) is 21.2. The number of ether oxygens (including phenoxy) is 1. The molecule has 0 radical (unpaired) electrons. The molecule has 2 N–H and O–H groups in total. The molecule has 0 aliphatic rings. The van der Waals surface area contributed by atoms with Crippen molar-refractivity contribution in [1.82, 2.24) is 15.6 Å². The lowest BCUT2D eigenvalue weighted by Gasteiger charge is -2.16. The van der Waals surface area contributed by atoms with Gasteiger partial charge in [0.1, 0.15) is 9.88 Å². The molecule has 0 saturated heterocycles. The fraction of sp³-hybridized carbons (Fsp3) is 0.688. The van der Waals surface area contributed by atoms with E-state index in [1.165, 1.54) is 23.5 Å². The molecule has 0 aliphatic heterocycles. The fourth-order valence-corrected chi connectivity index (χ4v) is 3.48. The number of rotatable bonds is 9. The molecule has 1 heterocycles. The Bertz CT molecular complexity index is 546. The van der Waals surface area contributed by atoms with Gasteiger partial charge < -0.3 is 15.4 Å². The Morgan fingerprint density at radius 1 is 1.46 bits per heavy atom. The molecular weight excluding hydrogens is 344 g/mol. The van der Waals surface area contributed by atoms with E-state index in [1.54, 1.807) is 14.0 Å². The van der Waals surface area contributed by atoms with Gasteiger partial charge in [0.25, 0.3) is 0 Å². The monoisotopic (exact) mass is 372 g/mol. The van der Waals surface area contributed by atoms with E-state index in [-0.39, 0.29) is 12.0 Å². The number of hydrogen-bond donors (Lipinski definition) is 2. The highest BCUT2D eigenvalue weighted by Crippen LogP contribution is 2.24. The molecule has 1 unspecified atom stereocenters. The maximum atomic E-state index is 11.9. The number of carbonyl (C=O) groups excluding carboxylic acids is 1. The van der Waals surface area contributed by atoms with Crippen LogP contribution >= 0.6 is 23.1 Å².